The zero-order chi connectivity index (χ0) is 21.5. The molecule has 0 aromatic heterocycles. The number of methoxy groups -OCH3 is 1. The average Bonchev–Trinajstić information content (AvgIpc) is 2.76. The lowest BCUT2D eigenvalue weighted by Crippen LogP contribution is -2.12. The lowest BCUT2D eigenvalue weighted by Gasteiger charge is -2.09. The Kier molecular flexibility index (Phi) is 12.3. The lowest BCUT2D eigenvalue weighted by molar-refractivity contribution is -0.136. The average molecular weight is 383 g/mol. The quantitative estimate of drug-likeness (QED) is 0.583. The number of hydrogen-bond donors (Lipinski definition) is 1. The van der Waals surface area contributed by atoms with Crippen molar-refractivity contribution in [3.63, 3.8) is 0 Å². The van der Waals surface area contributed by atoms with Gasteiger partial charge in [-0.2, -0.15) is 5.26 Å². The Morgan fingerprint density at radius 2 is 1.82 bits per heavy atom. The number of carbonyl (C=O) groups is 1. The molecule has 0 spiro atoms. The highest BCUT2D eigenvalue weighted by molar-refractivity contribution is 5.92. The van der Waals surface area contributed by atoms with Crippen molar-refractivity contribution in [3.8, 4) is 11.8 Å². The maximum absolute atomic E-state index is 11.4. The highest BCUT2D eigenvalue weighted by atomic mass is 16.5. The van der Waals surface area contributed by atoms with E-state index in [1.807, 2.05) is 58.9 Å². The standard InChI is InChI=1S/C19H18N2O3.2C2H6/c1-13-6-7-17(9-16(13)10-18(21)19(22)23-2)24-12-15-5-3-4-14(8-15)11-20;2*1-2/h3-10H,12,21H2,1-2H3;2*1-2H3/b18-10-;;. The van der Waals surface area contributed by atoms with Crippen LogP contribution in [-0.4, -0.2) is 13.1 Å². The summed E-state index contributed by atoms with van der Waals surface area (Å²) >= 11 is 0. The molecule has 5 nitrogen and oxygen atoms in total. The third-order valence-electron chi connectivity index (χ3n) is 3.44. The first-order valence-corrected chi connectivity index (χ1v) is 9.31. The first-order chi connectivity index (χ1) is 13.5. The Labute approximate surface area is 168 Å². The summed E-state index contributed by atoms with van der Waals surface area (Å²) in [5, 5.41) is 8.92. The van der Waals surface area contributed by atoms with Gasteiger partial charge >= 0.3 is 5.97 Å². The molecule has 0 aliphatic carbocycles. The van der Waals surface area contributed by atoms with Crippen LogP contribution in [0.3, 0.4) is 0 Å². The maximum Gasteiger partial charge on any atom is 0.353 e. The summed E-state index contributed by atoms with van der Waals surface area (Å²) in [7, 11) is 1.28. The van der Waals surface area contributed by atoms with E-state index in [0.29, 0.717) is 17.9 Å². The largest absolute Gasteiger partial charge is 0.489 e. The maximum atomic E-state index is 11.4. The molecule has 0 saturated heterocycles. The molecule has 5 heteroatoms. The van der Waals surface area contributed by atoms with Crippen LogP contribution in [0.2, 0.25) is 0 Å². The molecule has 0 aliphatic heterocycles. The van der Waals surface area contributed by atoms with Crippen molar-refractivity contribution < 1.29 is 14.3 Å². The fraction of sp³-hybridized carbons (Fsp3) is 0.304. The number of hydrogen-bond acceptors (Lipinski definition) is 5. The second-order valence-electron chi connectivity index (χ2n) is 5.21. The van der Waals surface area contributed by atoms with E-state index in [9.17, 15) is 4.79 Å². The highest BCUT2D eigenvalue weighted by Gasteiger charge is 2.07. The van der Waals surface area contributed by atoms with Crippen LogP contribution in [0, 0.1) is 18.3 Å². The molecular weight excluding hydrogens is 352 g/mol. The molecule has 0 heterocycles. The molecular formula is C23H30N2O3. The van der Waals surface area contributed by atoms with Crippen LogP contribution < -0.4 is 10.5 Å². The van der Waals surface area contributed by atoms with Gasteiger partial charge in [0.25, 0.3) is 0 Å². The second-order valence-corrected chi connectivity index (χ2v) is 5.21. The molecule has 0 fully saturated rings. The summed E-state index contributed by atoms with van der Waals surface area (Å²) in [6.45, 7) is 10.3. The minimum atomic E-state index is -0.575. The monoisotopic (exact) mass is 382 g/mol. The summed E-state index contributed by atoms with van der Waals surface area (Å²) < 4.78 is 10.4. The van der Waals surface area contributed by atoms with Crippen molar-refractivity contribution in [2.24, 2.45) is 5.73 Å². The van der Waals surface area contributed by atoms with Crippen LogP contribution in [0.25, 0.3) is 6.08 Å². The SMILES string of the molecule is CC.CC.COC(=O)/C(N)=C/c1cc(OCc2cccc(C#N)c2)ccc1C. The third-order valence-corrected chi connectivity index (χ3v) is 3.44. The van der Waals surface area contributed by atoms with E-state index >= 15 is 0 Å². The van der Waals surface area contributed by atoms with E-state index in [4.69, 9.17) is 15.7 Å². The molecule has 0 unspecified atom stereocenters. The zero-order valence-corrected chi connectivity index (χ0v) is 17.6. The number of nitrogens with two attached hydrogens (primary N) is 1. The number of aryl methyl sites for hydroxylation is 1. The molecule has 2 aromatic rings. The number of carbonyl (C=O) groups excluding carboxylic acids is 1. The van der Waals surface area contributed by atoms with Gasteiger partial charge in [-0.05, 0) is 54.0 Å². The zero-order valence-electron chi connectivity index (χ0n) is 17.6. The van der Waals surface area contributed by atoms with Crippen molar-refractivity contribution in [3.05, 3.63) is 70.4 Å². The number of rotatable bonds is 5. The van der Waals surface area contributed by atoms with Gasteiger partial charge in [-0.15, -0.1) is 0 Å². The minimum absolute atomic E-state index is 0.0273. The molecule has 2 rings (SSSR count). The molecule has 150 valence electrons. The van der Waals surface area contributed by atoms with Gasteiger partial charge in [0.1, 0.15) is 18.1 Å². The van der Waals surface area contributed by atoms with Gasteiger partial charge in [-0.25, -0.2) is 4.79 Å². The first kappa shape index (κ1) is 24.7. The molecule has 28 heavy (non-hydrogen) atoms. The first-order valence-electron chi connectivity index (χ1n) is 9.31. The minimum Gasteiger partial charge on any atom is -0.489 e. The number of benzene rings is 2. The van der Waals surface area contributed by atoms with Crippen LogP contribution in [0.5, 0.6) is 5.75 Å². The third kappa shape index (κ3) is 7.96. The van der Waals surface area contributed by atoms with E-state index in [0.717, 1.165) is 16.7 Å². The van der Waals surface area contributed by atoms with E-state index in [-0.39, 0.29) is 5.70 Å². The van der Waals surface area contributed by atoms with Gasteiger partial charge in [-0.1, -0.05) is 45.9 Å². The van der Waals surface area contributed by atoms with Gasteiger partial charge in [0.15, 0.2) is 0 Å². The van der Waals surface area contributed by atoms with E-state index in [2.05, 4.69) is 10.8 Å². The molecule has 0 saturated carbocycles. The van der Waals surface area contributed by atoms with Gasteiger partial charge < -0.3 is 15.2 Å². The Morgan fingerprint density at radius 3 is 2.43 bits per heavy atom. The Morgan fingerprint density at radius 1 is 1.14 bits per heavy atom. The van der Waals surface area contributed by atoms with Crippen LogP contribution in [0.1, 0.15) is 49.9 Å². The summed E-state index contributed by atoms with van der Waals surface area (Å²) in [6, 6.07) is 14.9. The predicted octanol–water partition coefficient (Wildman–Crippen LogP) is 4.97. The summed E-state index contributed by atoms with van der Waals surface area (Å²) in [6.07, 6.45) is 1.56. The Bertz CT molecular complexity index is 821. The number of esters is 1. The Hall–Kier alpha value is -3.26. The van der Waals surface area contributed by atoms with Crippen molar-refractivity contribution in [2.45, 2.75) is 41.2 Å². The second kappa shape index (κ2) is 13.9. The molecule has 0 radical (unpaired) electrons. The smallest absolute Gasteiger partial charge is 0.353 e. The van der Waals surface area contributed by atoms with Crippen LogP contribution in [0.15, 0.2) is 48.2 Å². The lowest BCUT2D eigenvalue weighted by atomic mass is 10.1. The molecule has 0 aliphatic rings. The van der Waals surface area contributed by atoms with Gasteiger partial charge in [-0.3, -0.25) is 0 Å². The predicted molar refractivity (Wildman–Crippen MR) is 114 cm³/mol. The topological polar surface area (TPSA) is 85.3 Å². The van der Waals surface area contributed by atoms with Crippen LogP contribution >= 0.6 is 0 Å². The number of nitrogens with zero attached hydrogens (tertiary/aromatic N) is 1. The van der Waals surface area contributed by atoms with Crippen molar-refractivity contribution in [1.29, 1.82) is 5.26 Å². The molecule has 0 atom stereocenters. The summed E-state index contributed by atoms with van der Waals surface area (Å²) in [5.74, 6) is 0.0703. The van der Waals surface area contributed by atoms with Gasteiger partial charge in [0.2, 0.25) is 0 Å². The number of ether oxygens (including phenoxy) is 2. The fourth-order valence-electron chi connectivity index (χ4n) is 2.11. The highest BCUT2D eigenvalue weighted by Crippen LogP contribution is 2.21. The Balaban J connectivity index is 0.00000171. The normalized spacial score (nSPS) is 9.68. The molecule has 0 bridgehead atoms. The fourth-order valence-corrected chi connectivity index (χ4v) is 2.11. The van der Waals surface area contributed by atoms with Gasteiger partial charge in [0, 0.05) is 0 Å². The molecule has 2 N–H and O–H groups in total. The van der Waals surface area contributed by atoms with Crippen molar-refractivity contribution in [1.82, 2.24) is 0 Å². The van der Waals surface area contributed by atoms with Gasteiger partial charge in [0.05, 0.1) is 18.7 Å². The molecule has 0 amide bonds. The van der Waals surface area contributed by atoms with Crippen molar-refractivity contribution in [2.75, 3.05) is 7.11 Å². The molecule has 2 aromatic carbocycles. The summed E-state index contributed by atoms with van der Waals surface area (Å²) in [5.41, 5.74) is 8.95. The van der Waals surface area contributed by atoms with Crippen LogP contribution in [-0.2, 0) is 16.1 Å². The number of nitriles is 1. The summed E-state index contributed by atoms with van der Waals surface area (Å²) in [4.78, 5) is 11.4. The van der Waals surface area contributed by atoms with Crippen molar-refractivity contribution >= 4 is 12.0 Å². The van der Waals surface area contributed by atoms with E-state index < -0.39 is 5.97 Å². The van der Waals surface area contributed by atoms with E-state index in [1.54, 1.807) is 24.3 Å². The van der Waals surface area contributed by atoms with E-state index in [1.165, 1.54) is 7.11 Å². The van der Waals surface area contributed by atoms with Crippen LogP contribution in [0.4, 0.5) is 0 Å².